The van der Waals surface area contributed by atoms with Gasteiger partial charge in [0.2, 0.25) is 5.91 Å². The standard InChI is InChI=1S/C20H24F3N3O2/c21-20(22,23)13-26-12-8-15-16(26)3-1-5-18(15)28-14-6-10-25(11-7-14)17-4-2-9-24-19(17)27/h1,3,5,8,12,14,17H,2,4,6-7,9-11,13H2,(H,24,27). The zero-order valence-corrected chi connectivity index (χ0v) is 15.5. The van der Waals surface area contributed by atoms with Gasteiger partial charge in [0.25, 0.3) is 0 Å². The summed E-state index contributed by atoms with van der Waals surface area (Å²) >= 11 is 0. The molecule has 2 aliphatic heterocycles. The maximum Gasteiger partial charge on any atom is 0.406 e. The molecule has 2 aliphatic rings. The highest BCUT2D eigenvalue weighted by Gasteiger charge is 2.32. The van der Waals surface area contributed by atoms with Crippen molar-refractivity contribution in [2.75, 3.05) is 19.6 Å². The number of amides is 1. The normalized spacial score (nSPS) is 22.4. The van der Waals surface area contributed by atoms with Crippen LogP contribution >= 0.6 is 0 Å². The molecule has 0 aliphatic carbocycles. The Morgan fingerprint density at radius 2 is 1.93 bits per heavy atom. The van der Waals surface area contributed by atoms with Crippen LogP contribution in [-0.2, 0) is 11.3 Å². The smallest absolute Gasteiger partial charge is 0.406 e. The molecule has 0 bridgehead atoms. The predicted octanol–water partition coefficient (Wildman–Crippen LogP) is 3.33. The fourth-order valence-electron chi connectivity index (χ4n) is 4.22. The largest absolute Gasteiger partial charge is 0.490 e. The number of hydrogen-bond acceptors (Lipinski definition) is 3. The monoisotopic (exact) mass is 395 g/mol. The number of nitrogens with zero attached hydrogens (tertiary/aromatic N) is 2. The van der Waals surface area contributed by atoms with Crippen LogP contribution in [0, 0.1) is 0 Å². The topological polar surface area (TPSA) is 46.5 Å². The molecule has 8 heteroatoms. The van der Waals surface area contributed by atoms with Crippen molar-refractivity contribution < 1.29 is 22.7 Å². The van der Waals surface area contributed by atoms with E-state index in [1.165, 1.54) is 10.8 Å². The molecule has 1 atom stereocenters. The van der Waals surface area contributed by atoms with Crippen molar-refractivity contribution in [3.05, 3.63) is 30.5 Å². The number of alkyl halides is 3. The Kier molecular flexibility index (Phi) is 5.23. The summed E-state index contributed by atoms with van der Waals surface area (Å²) in [5.41, 5.74) is 0.520. The van der Waals surface area contributed by atoms with Crippen molar-refractivity contribution in [2.45, 2.75) is 50.6 Å². The third kappa shape index (κ3) is 4.11. The Bertz CT molecular complexity index is 841. The van der Waals surface area contributed by atoms with E-state index in [-0.39, 0.29) is 18.1 Å². The molecule has 28 heavy (non-hydrogen) atoms. The maximum absolute atomic E-state index is 12.8. The minimum Gasteiger partial charge on any atom is -0.490 e. The second-order valence-corrected chi connectivity index (χ2v) is 7.55. The molecule has 2 fully saturated rings. The van der Waals surface area contributed by atoms with E-state index in [1.807, 2.05) is 0 Å². The second kappa shape index (κ2) is 7.66. The van der Waals surface area contributed by atoms with Gasteiger partial charge in [-0.05, 0) is 43.9 Å². The third-order valence-corrected chi connectivity index (χ3v) is 5.59. The summed E-state index contributed by atoms with van der Waals surface area (Å²) < 4.78 is 45.6. The van der Waals surface area contributed by atoms with Gasteiger partial charge in [0, 0.05) is 31.2 Å². The Morgan fingerprint density at radius 1 is 1.14 bits per heavy atom. The van der Waals surface area contributed by atoms with E-state index in [1.54, 1.807) is 24.3 Å². The van der Waals surface area contributed by atoms with Crippen LogP contribution in [-0.4, -0.2) is 53.3 Å². The Balaban J connectivity index is 1.41. The summed E-state index contributed by atoms with van der Waals surface area (Å²) in [4.78, 5) is 14.3. The van der Waals surface area contributed by atoms with Gasteiger partial charge < -0.3 is 14.6 Å². The van der Waals surface area contributed by atoms with E-state index in [0.29, 0.717) is 16.7 Å². The quantitative estimate of drug-likeness (QED) is 0.864. The van der Waals surface area contributed by atoms with Crippen molar-refractivity contribution in [2.24, 2.45) is 0 Å². The SMILES string of the molecule is O=C1NCCCC1N1CCC(Oc2cccc3c2ccn3CC(F)(F)F)CC1. The zero-order chi connectivity index (χ0) is 19.7. The lowest BCUT2D eigenvalue weighted by Gasteiger charge is -2.38. The molecule has 5 nitrogen and oxygen atoms in total. The van der Waals surface area contributed by atoms with Crippen LogP contribution in [0.4, 0.5) is 13.2 Å². The Morgan fingerprint density at radius 3 is 2.64 bits per heavy atom. The van der Waals surface area contributed by atoms with Gasteiger partial charge in [0.15, 0.2) is 0 Å². The molecule has 3 heterocycles. The number of halogens is 3. The predicted molar refractivity (Wildman–Crippen MR) is 99.2 cm³/mol. The van der Waals surface area contributed by atoms with E-state index in [4.69, 9.17) is 4.74 Å². The lowest BCUT2D eigenvalue weighted by molar-refractivity contribution is -0.139. The number of carbonyl (C=O) groups excluding carboxylic acids is 1. The summed E-state index contributed by atoms with van der Waals surface area (Å²) in [7, 11) is 0. The fraction of sp³-hybridized carbons (Fsp3) is 0.550. The molecule has 1 amide bonds. The first-order chi connectivity index (χ1) is 13.4. The number of carbonyl (C=O) groups is 1. The number of rotatable bonds is 4. The highest BCUT2D eigenvalue weighted by Crippen LogP contribution is 2.31. The van der Waals surface area contributed by atoms with Gasteiger partial charge in [-0.15, -0.1) is 0 Å². The van der Waals surface area contributed by atoms with Gasteiger partial charge >= 0.3 is 6.18 Å². The minimum atomic E-state index is -4.26. The minimum absolute atomic E-state index is 0.000493. The van der Waals surface area contributed by atoms with Crippen molar-refractivity contribution in [3.63, 3.8) is 0 Å². The number of piperidine rings is 2. The number of fused-ring (bicyclic) bond motifs is 1. The molecule has 0 radical (unpaired) electrons. The Labute approximate surface area is 161 Å². The Hall–Kier alpha value is -2.22. The van der Waals surface area contributed by atoms with Crippen LogP contribution in [0.1, 0.15) is 25.7 Å². The van der Waals surface area contributed by atoms with E-state index in [2.05, 4.69) is 10.2 Å². The van der Waals surface area contributed by atoms with Crippen molar-refractivity contribution >= 4 is 16.8 Å². The van der Waals surface area contributed by atoms with Crippen LogP contribution in [0.15, 0.2) is 30.5 Å². The van der Waals surface area contributed by atoms with E-state index in [9.17, 15) is 18.0 Å². The zero-order valence-electron chi connectivity index (χ0n) is 15.5. The third-order valence-electron chi connectivity index (χ3n) is 5.59. The summed E-state index contributed by atoms with van der Waals surface area (Å²) in [5.74, 6) is 0.730. The number of likely N-dealkylation sites (tertiary alicyclic amines) is 1. The molecule has 1 aromatic carbocycles. The molecule has 1 unspecified atom stereocenters. The first kappa shape index (κ1) is 19.1. The molecule has 152 valence electrons. The van der Waals surface area contributed by atoms with Crippen molar-refractivity contribution in [1.82, 2.24) is 14.8 Å². The maximum atomic E-state index is 12.8. The van der Waals surface area contributed by atoms with Crippen LogP contribution in [0.2, 0.25) is 0 Å². The molecule has 2 aromatic rings. The number of ether oxygens (including phenoxy) is 1. The average Bonchev–Trinajstić information content (AvgIpc) is 3.05. The molecule has 1 aromatic heterocycles. The van der Waals surface area contributed by atoms with Gasteiger partial charge in [0.1, 0.15) is 18.4 Å². The number of nitrogens with one attached hydrogen (secondary N) is 1. The van der Waals surface area contributed by atoms with Gasteiger partial charge in [-0.25, -0.2) is 0 Å². The first-order valence-corrected chi connectivity index (χ1v) is 9.74. The second-order valence-electron chi connectivity index (χ2n) is 7.55. The summed E-state index contributed by atoms with van der Waals surface area (Å²) in [6, 6.07) is 6.85. The van der Waals surface area contributed by atoms with Gasteiger partial charge in [-0.1, -0.05) is 6.07 Å². The van der Waals surface area contributed by atoms with Crippen LogP contribution in [0.25, 0.3) is 10.9 Å². The average molecular weight is 395 g/mol. The lowest BCUT2D eigenvalue weighted by atomic mass is 10.00. The first-order valence-electron chi connectivity index (χ1n) is 9.74. The fourth-order valence-corrected chi connectivity index (χ4v) is 4.22. The number of hydrogen-bond donors (Lipinski definition) is 1. The van der Waals surface area contributed by atoms with E-state index >= 15 is 0 Å². The summed E-state index contributed by atoms with van der Waals surface area (Å²) in [6.45, 7) is 1.32. The molecular formula is C20H24F3N3O2. The van der Waals surface area contributed by atoms with E-state index in [0.717, 1.165) is 45.3 Å². The number of aromatic nitrogens is 1. The van der Waals surface area contributed by atoms with Gasteiger partial charge in [-0.3, -0.25) is 9.69 Å². The highest BCUT2D eigenvalue weighted by molar-refractivity contribution is 5.86. The molecule has 0 saturated carbocycles. The molecule has 2 saturated heterocycles. The van der Waals surface area contributed by atoms with Crippen molar-refractivity contribution in [1.29, 1.82) is 0 Å². The van der Waals surface area contributed by atoms with Crippen LogP contribution in [0.5, 0.6) is 5.75 Å². The lowest BCUT2D eigenvalue weighted by Crippen LogP contribution is -2.53. The molecule has 0 spiro atoms. The summed E-state index contributed by atoms with van der Waals surface area (Å²) in [6.07, 6.45) is 0.676. The highest BCUT2D eigenvalue weighted by atomic mass is 19.4. The van der Waals surface area contributed by atoms with Gasteiger partial charge in [-0.2, -0.15) is 13.2 Å². The van der Waals surface area contributed by atoms with E-state index < -0.39 is 12.7 Å². The summed E-state index contributed by atoms with van der Waals surface area (Å²) in [5, 5.41) is 3.62. The van der Waals surface area contributed by atoms with Crippen LogP contribution < -0.4 is 10.1 Å². The number of benzene rings is 1. The van der Waals surface area contributed by atoms with Gasteiger partial charge in [0.05, 0.1) is 11.6 Å². The molecular weight excluding hydrogens is 371 g/mol. The molecule has 4 rings (SSSR count). The molecule has 1 N–H and O–H groups in total. The van der Waals surface area contributed by atoms with Crippen LogP contribution in [0.3, 0.4) is 0 Å². The van der Waals surface area contributed by atoms with Crippen molar-refractivity contribution in [3.8, 4) is 5.75 Å².